The molecule has 1 aliphatic heterocycles. The van der Waals surface area contributed by atoms with Crippen molar-refractivity contribution in [1.82, 2.24) is 25.5 Å². The third kappa shape index (κ3) is 7.51. The van der Waals surface area contributed by atoms with Gasteiger partial charge >= 0.3 is 5.97 Å². The Kier molecular flexibility index (Phi) is 10.2. The number of imidazole rings is 1. The molecule has 0 aliphatic carbocycles. The van der Waals surface area contributed by atoms with Gasteiger partial charge in [0.25, 0.3) is 0 Å². The number of aromatic amines is 1. The van der Waals surface area contributed by atoms with Crippen LogP contribution >= 0.6 is 0 Å². The van der Waals surface area contributed by atoms with Crippen LogP contribution in [0.1, 0.15) is 37.8 Å². The van der Waals surface area contributed by atoms with E-state index in [4.69, 9.17) is 11.5 Å². The first-order valence-corrected chi connectivity index (χ1v) is 11.0. The van der Waals surface area contributed by atoms with Crippen LogP contribution in [0, 0.1) is 0 Å². The van der Waals surface area contributed by atoms with Crippen LogP contribution < -0.4 is 22.1 Å². The van der Waals surface area contributed by atoms with Gasteiger partial charge < -0.3 is 42.2 Å². The monoisotopic (exact) mass is 467 g/mol. The molecule has 1 fully saturated rings. The average molecular weight is 468 g/mol. The molecule has 2 heterocycles. The molecule has 1 aromatic heterocycles. The fourth-order valence-corrected chi connectivity index (χ4v) is 3.70. The highest BCUT2D eigenvalue weighted by molar-refractivity contribution is 5.94. The average Bonchev–Trinajstić information content (AvgIpc) is 3.48. The lowest BCUT2D eigenvalue weighted by molar-refractivity contribution is -0.143. The van der Waals surface area contributed by atoms with Crippen molar-refractivity contribution in [1.29, 1.82) is 0 Å². The van der Waals surface area contributed by atoms with Crippen molar-refractivity contribution in [2.24, 2.45) is 11.5 Å². The number of aliphatic hydroxyl groups excluding tert-OH is 1. The zero-order valence-corrected chi connectivity index (χ0v) is 18.4. The van der Waals surface area contributed by atoms with E-state index in [1.54, 1.807) is 0 Å². The van der Waals surface area contributed by atoms with Crippen molar-refractivity contribution in [2.75, 3.05) is 19.7 Å². The number of carbonyl (C=O) groups excluding carboxylic acids is 3. The van der Waals surface area contributed by atoms with Gasteiger partial charge in [-0.3, -0.25) is 14.4 Å². The van der Waals surface area contributed by atoms with Gasteiger partial charge in [-0.2, -0.15) is 0 Å². The number of carboxylic acid groups (broad SMARTS) is 1. The maximum atomic E-state index is 12.8. The Balaban J connectivity index is 1.96. The predicted octanol–water partition coefficient (Wildman–Crippen LogP) is -2.55. The topological polar surface area (TPSA) is 217 Å². The van der Waals surface area contributed by atoms with Gasteiger partial charge in [-0.25, -0.2) is 9.78 Å². The number of likely N-dealkylation sites (tertiary alicyclic amines) is 1. The third-order valence-electron chi connectivity index (χ3n) is 5.53. The molecule has 0 aromatic carbocycles. The van der Waals surface area contributed by atoms with Crippen molar-refractivity contribution in [3.63, 3.8) is 0 Å². The van der Waals surface area contributed by atoms with E-state index in [1.807, 2.05) is 0 Å². The number of unbranched alkanes of at least 4 members (excludes halogenated alkanes) is 1. The summed E-state index contributed by atoms with van der Waals surface area (Å²) in [5.41, 5.74) is 11.9. The second-order valence-corrected chi connectivity index (χ2v) is 8.00. The van der Waals surface area contributed by atoms with E-state index in [-0.39, 0.29) is 12.3 Å². The molecule has 4 unspecified atom stereocenters. The van der Waals surface area contributed by atoms with E-state index in [0.717, 1.165) is 6.42 Å². The molecule has 13 heteroatoms. The lowest BCUT2D eigenvalue weighted by Crippen LogP contribution is -2.57. The number of hydrogen-bond donors (Lipinski definition) is 7. The molecule has 33 heavy (non-hydrogen) atoms. The summed E-state index contributed by atoms with van der Waals surface area (Å²) < 4.78 is 0. The Bertz CT molecular complexity index is 803. The van der Waals surface area contributed by atoms with E-state index in [9.17, 15) is 29.4 Å². The zero-order chi connectivity index (χ0) is 24.4. The van der Waals surface area contributed by atoms with Crippen molar-refractivity contribution in [3.8, 4) is 0 Å². The number of aliphatic carboxylic acids is 1. The standard InChI is InChI=1S/C20H33N7O6/c21-6-2-1-4-13(22)19(31)27-7-3-5-16(27)18(30)26-15(10-28)17(29)25-14(20(32)33)8-12-9-23-11-24-12/h9,11,13-16,28H,1-8,10,21-22H2,(H,23,24)(H,25,29)(H,26,30)(H,32,33). The molecule has 0 saturated carbocycles. The molecular formula is C20H33N7O6. The van der Waals surface area contributed by atoms with E-state index in [0.29, 0.717) is 44.5 Å². The number of aliphatic hydroxyl groups is 1. The van der Waals surface area contributed by atoms with E-state index >= 15 is 0 Å². The van der Waals surface area contributed by atoms with Gasteiger partial charge in [-0.05, 0) is 32.2 Å². The normalized spacial score (nSPS) is 18.4. The summed E-state index contributed by atoms with van der Waals surface area (Å²) in [6.45, 7) is 0.126. The van der Waals surface area contributed by atoms with E-state index in [2.05, 4.69) is 20.6 Å². The molecule has 0 bridgehead atoms. The van der Waals surface area contributed by atoms with Crippen LogP contribution in [-0.4, -0.2) is 92.6 Å². The number of carboxylic acids is 1. The number of nitrogens with one attached hydrogen (secondary N) is 3. The lowest BCUT2D eigenvalue weighted by atomic mass is 10.1. The largest absolute Gasteiger partial charge is 0.480 e. The second kappa shape index (κ2) is 12.9. The first kappa shape index (κ1) is 26.2. The van der Waals surface area contributed by atoms with Gasteiger partial charge in [0.15, 0.2) is 0 Å². The molecule has 1 aromatic rings. The van der Waals surface area contributed by atoms with Crippen LogP contribution in [0.3, 0.4) is 0 Å². The Morgan fingerprint density at radius 2 is 2.00 bits per heavy atom. The van der Waals surface area contributed by atoms with Crippen molar-refractivity contribution in [3.05, 3.63) is 18.2 Å². The van der Waals surface area contributed by atoms with Gasteiger partial charge in [0.2, 0.25) is 17.7 Å². The van der Waals surface area contributed by atoms with Crippen molar-refractivity contribution in [2.45, 2.75) is 62.7 Å². The Morgan fingerprint density at radius 1 is 1.24 bits per heavy atom. The summed E-state index contributed by atoms with van der Waals surface area (Å²) in [6.07, 6.45) is 5.64. The summed E-state index contributed by atoms with van der Waals surface area (Å²) in [4.78, 5) is 57.5. The van der Waals surface area contributed by atoms with E-state index in [1.165, 1.54) is 17.4 Å². The molecule has 184 valence electrons. The molecule has 9 N–H and O–H groups in total. The van der Waals surface area contributed by atoms with Crippen LogP contribution in [0.15, 0.2) is 12.5 Å². The second-order valence-electron chi connectivity index (χ2n) is 8.00. The highest BCUT2D eigenvalue weighted by Gasteiger charge is 2.37. The molecule has 1 aliphatic rings. The molecule has 0 spiro atoms. The van der Waals surface area contributed by atoms with Gasteiger partial charge in [-0.15, -0.1) is 0 Å². The molecule has 1 saturated heterocycles. The Hall–Kier alpha value is -3.03. The summed E-state index contributed by atoms with van der Waals surface area (Å²) >= 11 is 0. The smallest absolute Gasteiger partial charge is 0.326 e. The molecule has 2 rings (SSSR count). The summed E-state index contributed by atoms with van der Waals surface area (Å²) in [5.74, 6) is -3.09. The summed E-state index contributed by atoms with van der Waals surface area (Å²) in [6, 6.07) is -4.24. The molecular weight excluding hydrogens is 434 g/mol. The fourth-order valence-electron chi connectivity index (χ4n) is 3.70. The number of amides is 3. The maximum absolute atomic E-state index is 12.8. The number of nitrogens with two attached hydrogens (primary N) is 2. The van der Waals surface area contributed by atoms with Crippen LogP contribution in [0.25, 0.3) is 0 Å². The minimum atomic E-state index is -1.38. The SMILES string of the molecule is NCCCCC(N)C(=O)N1CCCC1C(=O)NC(CO)C(=O)NC(Cc1cnc[nH]1)C(=O)O. The fraction of sp³-hybridized carbons (Fsp3) is 0.650. The number of aromatic nitrogens is 2. The number of carbonyl (C=O) groups is 4. The number of hydrogen-bond acceptors (Lipinski definition) is 8. The third-order valence-corrected chi connectivity index (χ3v) is 5.53. The highest BCUT2D eigenvalue weighted by atomic mass is 16.4. The summed E-state index contributed by atoms with van der Waals surface area (Å²) in [5, 5.41) is 23.8. The van der Waals surface area contributed by atoms with Gasteiger partial charge in [0.1, 0.15) is 18.1 Å². The minimum absolute atomic E-state index is 0.0554. The number of rotatable bonds is 13. The predicted molar refractivity (Wildman–Crippen MR) is 116 cm³/mol. The Labute approximate surface area is 191 Å². The van der Waals surface area contributed by atoms with Crippen LogP contribution in [0.5, 0.6) is 0 Å². The zero-order valence-electron chi connectivity index (χ0n) is 18.4. The maximum Gasteiger partial charge on any atom is 0.326 e. The molecule has 4 atom stereocenters. The van der Waals surface area contributed by atoms with Crippen LogP contribution in [0.4, 0.5) is 0 Å². The van der Waals surface area contributed by atoms with Crippen LogP contribution in [-0.2, 0) is 25.6 Å². The van der Waals surface area contributed by atoms with Crippen molar-refractivity contribution >= 4 is 23.7 Å². The first-order chi connectivity index (χ1) is 15.8. The van der Waals surface area contributed by atoms with Gasteiger partial charge in [-0.1, -0.05) is 6.42 Å². The Morgan fingerprint density at radius 3 is 2.61 bits per heavy atom. The molecule has 0 radical (unpaired) electrons. The first-order valence-electron chi connectivity index (χ1n) is 11.0. The lowest BCUT2D eigenvalue weighted by Gasteiger charge is -2.28. The quantitative estimate of drug-likeness (QED) is 0.152. The van der Waals surface area contributed by atoms with Crippen molar-refractivity contribution < 1.29 is 29.4 Å². The number of nitrogens with zero attached hydrogens (tertiary/aromatic N) is 2. The van der Waals surface area contributed by atoms with Gasteiger partial charge in [0.05, 0.1) is 19.0 Å². The minimum Gasteiger partial charge on any atom is -0.480 e. The number of H-pyrrole nitrogens is 1. The van der Waals surface area contributed by atoms with E-state index < -0.39 is 48.6 Å². The molecule has 3 amide bonds. The summed E-state index contributed by atoms with van der Waals surface area (Å²) in [7, 11) is 0. The molecule has 13 nitrogen and oxygen atoms in total. The van der Waals surface area contributed by atoms with Crippen LogP contribution in [0.2, 0.25) is 0 Å². The highest BCUT2D eigenvalue weighted by Crippen LogP contribution is 2.19. The van der Waals surface area contributed by atoms with Gasteiger partial charge in [0, 0.05) is 24.9 Å².